The smallest absolute Gasteiger partial charge is 0.282 e. The summed E-state index contributed by atoms with van der Waals surface area (Å²) in [7, 11) is 0. The van der Waals surface area contributed by atoms with Gasteiger partial charge in [0.25, 0.3) is 11.8 Å². The third kappa shape index (κ3) is 2.80. The first kappa shape index (κ1) is 14.2. The lowest BCUT2D eigenvalue weighted by atomic mass is 10.2. The lowest BCUT2D eigenvalue weighted by Gasteiger charge is -2.14. The average molecular weight is 315 g/mol. The number of nitrogens with zero attached hydrogens (tertiary/aromatic N) is 1. The van der Waals surface area contributed by atoms with Crippen LogP contribution in [0.2, 0.25) is 5.02 Å². The van der Waals surface area contributed by atoms with Crippen LogP contribution >= 0.6 is 11.6 Å². The average Bonchev–Trinajstić information content (AvgIpc) is 3.10. The van der Waals surface area contributed by atoms with E-state index in [9.17, 15) is 9.59 Å². The molecule has 0 unspecified atom stereocenters. The van der Waals surface area contributed by atoms with Crippen molar-refractivity contribution in [2.45, 2.75) is 0 Å². The van der Waals surface area contributed by atoms with Gasteiger partial charge in [-0.25, -0.2) is 5.01 Å². The number of anilines is 1. The molecule has 0 aliphatic carbocycles. The second-order valence-corrected chi connectivity index (χ2v) is 4.95. The van der Waals surface area contributed by atoms with Crippen molar-refractivity contribution in [3.63, 3.8) is 0 Å². The van der Waals surface area contributed by atoms with Crippen molar-refractivity contribution in [1.29, 1.82) is 0 Å². The number of carbonyl (C=O) groups excluding carboxylic acids is 2. The predicted octanol–water partition coefficient (Wildman–Crippen LogP) is 2.95. The molecule has 0 saturated carbocycles. The van der Waals surface area contributed by atoms with Gasteiger partial charge in [-0.3, -0.25) is 15.0 Å². The molecule has 1 aliphatic heterocycles. The van der Waals surface area contributed by atoms with E-state index in [1.54, 1.807) is 54.8 Å². The molecule has 2 aromatic rings. The summed E-state index contributed by atoms with van der Waals surface area (Å²) in [6.45, 7) is 0. The summed E-state index contributed by atoms with van der Waals surface area (Å²) in [5.41, 5.74) is 3.05. The van der Waals surface area contributed by atoms with Crippen molar-refractivity contribution >= 4 is 35.2 Å². The van der Waals surface area contributed by atoms with Gasteiger partial charge in [0.15, 0.2) is 0 Å². The third-order valence-corrected chi connectivity index (χ3v) is 3.26. The number of allylic oxidation sites excluding steroid dienone is 2. The van der Waals surface area contributed by atoms with Crippen molar-refractivity contribution in [2.24, 2.45) is 0 Å². The number of carbonyl (C=O) groups is 2. The molecule has 1 aromatic heterocycles. The summed E-state index contributed by atoms with van der Waals surface area (Å²) >= 11 is 5.90. The van der Waals surface area contributed by atoms with Crippen LogP contribution in [0.25, 0.3) is 6.08 Å². The molecular weight excluding hydrogens is 304 g/mol. The number of hydrogen-bond donors (Lipinski definition) is 1. The Hall–Kier alpha value is -2.79. The molecule has 3 rings (SSSR count). The van der Waals surface area contributed by atoms with Gasteiger partial charge in [-0.15, -0.1) is 0 Å². The number of nitrogens with one attached hydrogen (secondary N) is 1. The highest BCUT2D eigenvalue weighted by atomic mass is 35.5. The SMILES string of the molecule is O=C1NN(c2cccc(Cl)c2)C(=O)/C1=C\C=C/c1ccco1. The Balaban J connectivity index is 1.82. The minimum absolute atomic E-state index is 0.0442. The fraction of sp³-hybridized carbons (Fsp3) is 0. The highest BCUT2D eigenvalue weighted by Crippen LogP contribution is 2.23. The number of amides is 2. The van der Waals surface area contributed by atoms with Gasteiger partial charge in [0.1, 0.15) is 11.3 Å². The normalized spacial score (nSPS) is 16.8. The van der Waals surface area contributed by atoms with E-state index in [-0.39, 0.29) is 5.57 Å². The standard InChI is InChI=1S/C16H11ClN2O3/c17-11-4-1-5-12(10-11)19-16(21)14(15(20)18-19)8-2-6-13-7-3-9-22-13/h1-10H,(H,18,20)/b6-2-,14-8-. The van der Waals surface area contributed by atoms with Crippen molar-refractivity contribution in [1.82, 2.24) is 5.43 Å². The van der Waals surface area contributed by atoms with Crippen LogP contribution < -0.4 is 10.4 Å². The molecule has 1 aliphatic rings. The topological polar surface area (TPSA) is 62.6 Å². The molecule has 22 heavy (non-hydrogen) atoms. The molecule has 5 nitrogen and oxygen atoms in total. The van der Waals surface area contributed by atoms with E-state index < -0.39 is 11.8 Å². The van der Waals surface area contributed by atoms with Crippen molar-refractivity contribution in [2.75, 3.05) is 5.01 Å². The Morgan fingerprint density at radius 1 is 1.18 bits per heavy atom. The van der Waals surface area contributed by atoms with Crippen LogP contribution in [-0.2, 0) is 9.59 Å². The Bertz CT molecular complexity index is 778. The predicted molar refractivity (Wildman–Crippen MR) is 82.9 cm³/mol. The molecular formula is C16H11ClN2O3. The van der Waals surface area contributed by atoms with Gasteiger partial charge in [0, 0.05) is 5.02 Å². The van der Waals surface area contributed by atoms with Gasteiger partial charge in [-0.1, -0.05) is 23.7 Å². The van der Waals surface area contributed by atoms with Crippen molar-refractivity contribution < 1.29 is 14.0 Å². The van der Waals surface area contributed by atoms with Crippen LogP contribution in [0.3, 0.4) is 0 Å². The maximum atomic E-state index is 12.3. The molecule has 2 heterocycles. The molecule has 1 fully saturated rings. The highest BCUT2D eigenvalue weighted by molar-refractivity contribution is 6.32. The van der Waals surface area contributed by atoms with E-state index in [0.29, 0.717) is 16.5 Å². The largest absolute Gasteiger partial charge is 0.465 e. The first-order valence-electron chi connectivity index (χ1n) is 6.48. The monoisotopic (exact) mass is 314 g/mol. The Labute approximate surface area is 131 Å². The first-order valence-corrected chi connectivity index (χ1v) is 6.86. The molecule has 110 valence electrons. The quantitative estimate of drug-likeness (QED) is 0.700. The van der Waals surface area contributed by atoms with Crippen LogP contribution in [0.4, 0.5) is 5.69 Å². The fourth-order valence-corrected chi connectivity index (χ4v) is 2.18. The van der Waals surface area contributed by atoms with E-state index in [1.165, 1.54) is 11.1 Å². The van der Waals surface area contributed by atoms with E-state index in [4.69, 9.17) is 16.0 Å². The molecule has 0 radical (unpaired) electrons. The van der Waals surface area contributed by atoms with E-state index in [1.807, 2.05) is 0 Å². The van der Waals surface area contributed by atoms with E-state index in [2.05, 4.69) is 5.43 Å². The number of hydrogen-bond acceptors (Lipinski definition) is 3. The van der Waals surface area contributed by atoms with E-state index in [0.717, 1.165) is 0 Å². The second-order valence-electron chi connectivity index (χ2n) is 4.52. The molecule has 1 saturated heterocycles. The van der Waals surface area contributed by atoms with E-state index >= 15 is 0 Å². The first-order chi connectivity index (χ1) is 10.6. The van der Waals surface area contributed by atoms with Crippen LogP contribution in [-0.4, -0.2) is 11.8 Å². The zero-order valence-corrected chi connectivity index (χ0v) is 12.1. The zero-order valence-electron chi connectivity index (χ0n) is 11.3. The molecule has 6 heteroatoms. The molecule has 1 aromatic carbocycles. The zero-order chi connectivity index (χ0) is 15.5. The molecule has 0 spiro atoms. The van der Waals surface area contributed by atoms with Crippen LogP contribution in [0, 0.1) is 0 Å². The Morgan fingerprint density at radius 2 is 2.05 bits per heavy atom. The maximum absolute atomic E-state index is 12.3. The summed E-state index contributed by atoms with van der Waals surface area (Å²) in [6.07, 6.45) is 6.24. The van der Waals surface area contributed by atoms with Crippen LogP contribution in [0.5, 0.6) is 0 Å². The summed E-state index contributed by atoms with van der Waals surface area (Å²) in [5.74, 6) is -0.264. The van der Waals surface area contributed by atoms with Gasteiger partial charge in [-0.2, -0.15) is 0 Å². The minimum Gasteiger partial charge on any atom is -0.465 e. The lowest BCUT2D eigenvalue weighted by Crippen LogP contribution is -2.35. The van der Waals surface area contributed by atoms with Gasteiger partial charge in [-0.05, 0) is 42.5 Å². The number of hydrazine groups is 1. The molecule has 0 bridgehead atoms. The molecule has 1 N–H and O–H groups in total. The number of benzene rings is 1. The summed E-state index contributed by atoms with van der Waals surface area (Å²) in [5, 5.41) is 1.65. The summed E-state index contributed by atoms with van der Waals surface area (Å²) < 4.78 is 5.13. The highest BCUT2D eigenvalue weighted by Gasteiger charge is 2.33. The third-order valence-electron chi connectivity index (χ3n) is 3.02. The van der Waals surface area contributed by atoms with Crippen LogP contribution in [0.1, 0.15) is 5.76 Å². The lowest BCUT2D eigenvalue weighted by molar-refractivity contribution is -0.117. The Kier molecular flexibility index (Phi) is 3.80. The van der Waals surface area contributed by atoms with Crippen molar-refractivity contribution in [3.8, 4) is 0 Å². The van der Waals surface area contributed by atoms with Gasteiger partial charge >= 0.3 is 0 Å². The summed E-state index contributed by atoms with van der Waals surface area (Å²) in [4.78, 5) is 24.2. The molecule has 0 atom stereocenters. The van der Waals surface area contributed by atoms with Crippen molar-refractivity contribution in [3.05, 3.63) is 71.2 Å². The van der Waals surface area contributed by atoms with Gasteiger partial charge in [0.05, 0.1) is 12.0 Å². The van der Waals surface area contributed by atoms with Crippen LogP contribution in [0.15, 0.2) is 64.8 Å². The number of furan rings is 1. The Morgan fingerprint density at radius 3 is 2.77 bits per heavy atom. The molecule has 2 amide bonds. The number of halogens is 1. The fourth-order valence-electron chi connectivity index (χ4n) is 2.00. The van der Waals surface area contributed by atoms with Gasteiger partial charge < -0.3 is 4.42 Å². The second kappa shape index (κ2) is 5.91. The van der Waals surface area contributed by atoms with Gasteiger partial charge in [0.2, 0.25) is 0 Å². The minimum atomic E-state index is -0.464. The maximum Gasteiger partial charge on any atom is 0.282 e. The summed E-state index contributed by atoms with van der Waals surface area (Å²) in [6, 6.07) is 10.2. The number of rotatable bonds is 3.